The largest absolute Gasteiger partial charge is 0.310 e. The number of fused-ring (bicyclic) bond motifs is 3. The van der Waals surface area contributed by atoms with E-state index in [1.54, 1.807) is 0 Å². The summed E-state index contributed by atoms with van der Waals surface area (Å²) in [6, 6.07) is 47.1. The number of rotatable bonds is 4. The van der Waals surface area contributed by atoms with E-state index in [0.29, 0.717) is 0 Å². The lowest BCUT2D eigenvalue weighted by atomic mass is 10.1. The predicted molar refractivity (Wildman–Crippen MR) is 249 cm³/mol. The molecule has 0 radical (unpaired) electrons. The number of hydrogen-bond donors (Lipinski definition) is 0. The summed E-state index contributed by atoms with van der Waals surface area (Å²) in [5.74, 6) is 0. The molecule has 6 aromatic rings. The van der Waals surface area contributed by atoms with Crippen LogP contribution < -0.4 is 4.90 Å². The van der Waals surface area contributed by atoms with Crippen LogP contribution in [0.4, 0.5) is 17.1 Å². The summed E-state index contributed by atoms with van der Waals surface area (Å²) in [7, 11) is 0. The molecule has 6 rings (SSSR count). The van der Waals surface area contributed by atoms with Gasteiger partial charge in [-0.3, -0.25) is 0 Å². The maximum atomic E-state index is 2.36. The molecule has 0 aliphatic carbocycles. The van der Waals surface area contributed by atoms with E-state index in [2.05, 4.69) is 143 Å². The molecule has 0 atom stereocenters. The van der Waals surface area contributed by atoms with E-state index >= 15 is 0 Å². The Kier molecular flexibility index (Phi) is 47.0. The highest BCUT2D eigenvalue weighted by molar-refractivity contribution is 6.16. The van der Waals surface area contributed by atoms with Gasteiger partial charge in [-0.05, 0) is 54.6 Å². The van der Waals surface area contributed by atoms with Crippen molar-refractivity contribution in [1.29, 1.82) is 0 Å². The fourth-order valence-electron chi connectivity index (χ4n) is 4.62. The van der Waals surface area contributed by atoms with Crippen molar-refractivity contribution in [1.82, 2.24) is 4.57 Å². The third-order valence-corrected chi connectivity index (χ3v) is 5.96. The van der Waals surface area contributed by atoms with Crippen molar-refractivity contribution in [2.75, 3.05) is 4.90 Å². The molecule has 0 N–H and O–H groups in total. The quantitative estimate of drug-likeness (QED) is 0.177. The van der Waals surface area contributed by atoms with E-state index in [9.17, 15) is 0 Å². The van der Waals surface area contributed by atoms with Gasteiger partial charge in [0, 0.05) is 27.8 Å². The minimum Gasteiger partial charge on any atom is -0.310 e. The molecular weight excluding hydrogens is 629 g/mol. The van der Waals surface area contributed by atoms with E-state index in [-0.39, 0.29) is 0 Å². The van der Waals surface area contributed by atoms with Crippen LogP contribution in [0.15, 0.2) is 133 Å². The normalized spacial score (nSPS) is 8.00. The summed E-state index contributed by atoms with van der Waals surface area (Å²) in [6.07, 6.45) is 0. The number of hydrogen-bond acceptors (Lipinski definition) is 1. The van der Waals surface area contributed by atoms with Crippen molar-refractivity contribution in [3.63, 3.8) is 0 Å². The summed E-state index contributed by atoms with van der Waals surface area (Å²) in [5, 5.41) is 2.50. The van der Waals surface area contributed by atoms with Crippen molar-refractivity contribution in [2.45, 2.75) is 138 Å². The molecule has 52 heavy (non-hydrogen) atoms. The molecule has 0 aliphatic rings. The van der Waals surface area contributed by atoms with Crippen LogP contribution >= 0.6 is 0 Å². The van der Waals surface area contributed by atoms with Gasteiger partial charge in [-0.25, -0.2) is 0 Å². The monoisotopic (exact) mass is 711 g/mol. The van der Waals surface area contributed by atoms with Gasteiger partial charge in [0.25, 0.3) is 0 Å². The molecule has 0 fully saturated rings. The molecule has 0 unspecified atom stereocenters. The number of benzene rings is 5. The Bertz CT molecular complexity index is 1460. The highest BCUT2D eigenvalue weighted by Crippen LogP contribution is 2.43. The first kappa shape index (κ1) is 57.1. The van der Waals surface area contributed by atoms with Gasteiger partial charge in [-0.1, -0.05) is 217 Å². The number of para-hydroxylation sites is 4. The number of aromatic nitrogens is 1. The second-order valence-corrected chi connectivity index (χ2v) is 7.87. The van der Waals surface area contributed by atoms with Crippen LogP contribution in [0.5, 0.6) is 0 Å². The van der Waals surface area contributed by atoms with Crippen LogP contribution in [0.25, 0.3) is 27.5 Å². The van der Waals surface area contributed by atoms with Crippen LogP contribution in [0, 0.1) is 0 Å². The molecule has 1 aromatic heterocycles. The fraction of sp³-hybridized carbons (Fsp3) is 0.400. The zero-order valence-electron chi connectivity index (χ0n) is 37.6. The molecule has 0 saturated heterocycles. The van der Waals surface area contributed by atoms with E-state index < -0.39 is 0 Å². The summed E-state index contributed by atoms with van der Waals surface area (Å²) in [6.45, 7) is 40.0. The third-order valence-electron chi connectivity index (χ3n) is 5.96. The van der Waals surface area contributed by atoms with Crippen molar-refractivity contribution in [3.8, 4) is 5.69 Å². The van der Waals surface area contributed by atoms with E-state index in [1.165, 1.54) is 33.2 Å². The molecule has 0 aliphatic heterocycles. The van der Waals surface area contributed by atoms with Gasteiger partial charge in [0.05, 0.1) is 16.7 Å². The Balaban J connectivity index is -0.000000321. The number of nitrogens with zero attached hydrogens (tertiary/aromatic N) is 2. The Hall–Kier alpha value is -4.30. The topological polar surface area (TPSA) is 8.17 Å². The Morgan fingerprint density at radius 2 is 0.635 bits per heavy atom. The van der Waals surface area contributed by atoms with E-state index in [1.807, 2.05) is 138 Å². The Labute approximate surface area is 325 Å². The number of anilines is 3. The molecular formula is C50H82N2. The first-order valence-electron chi connectivity index (χ1n) is 20.9. The first-order chi connectivity index (χ1) is 25.9. The average molecular weight is 711 g/mol. The van der Waals surface area contributed by atoms with Gasteiger partial charge in [-0.15, -0.1) is 0 Å². The van der Waals surface area contributed by atoms with Crippen molar-refractivity contribution < 1.29 is 0 Å². The Morgan fingerprint density at radius 1 is 0.308 bits per heavy atom. The van der Waals surface area contributed by atoms with Crippen LogP contribution in [0.1, 0.15) is 138 Å². The standard InChI is InChI=1S/C30H22N2.10C2H6/c1-4-13-23(14-5-1)31(24-15-6-2-7-16-24)28-21-12-22-29-30(28)26-19-10-11-20-27(26)32(29)25-17-8-3-9-18-25;10*1-2/h1-22H;10*1-2H3. The lowest BCUT2D eigenvalue weighted by Gasteiger charge is -2.26. The van der Waals surface area contributed by atoms with Crippen molar-refractivity contribution in [3.05, 3.63) is 133 Å². The summed E-state index contributed by atoms with van der Waals surface area (Å²) < 4.78 is 2.36. The lowest BCUT2D eigenvalue weighted by molar-refractivity contribution is 1.18. The lowest BCUT2D eigenvalue weighted by Crippen LogP contribution is -2.10. The molecule has 0 spiro atoms. The average Bonchev–Trinajstić information content (AvgIpc) is 3.64. The van der Waals surface area contributed by atoms with Gasteiger partial charge in [0.1, 0.15) is 0 Å². The van der Waals surface area contributed by atoms with Crippen LogP contribution in [-0.4, -0.2) is 4.57 Å². The molecule has 0 bridgehead atoms. The minimum absolute atomic E-state index is 1.14. The summed E-state index contributed by atoms with van der Waals surface area (Å²) >= 11 is 0. The zero-order valence-corrected chi connectivity index (χ0v) is 37.6. The maximum Gasteiger partial charge on any atom is 0.0562 e. The molecule has 2 nitrogen and oxygen atoms in total. The molecule has 5 aromatic carbocycles. The predicted octanol–water partition coefficient (Wildman–Crippen LogP) is 18.5. The maximum absolute atomic E-state index is 2.36. The van der Waals surface area contributed by atoms with E-state index in [4.69, 9.17) is 0 Å². The van der Waals surface area contributed by atoms with Crippen LogP contribution in [0.2, 0.25) is 0 Å². The van der Waals surface area contributed by atoms with Gasteiger partial charge in [0.2, 0.25) is 0 Å². The first-order valence-corrected chi connectivity index (χ1v) is 20.9. The summed E-state index contributed by atoms with van der Waals surface area (Å²) in [5.41, 5.74) is 7.03. The molecule has 0 saturated carbocycles. The third kappa shape index (κ3) is 17.3. The fourth-order valence-corrected chi connectivity index (χ4v) is 4.62. The second-order valence-electron chi connectivity index (χ2n) is 7.87. The van der Waals surface area contributed by atoms with Crippen molar-refractivity contribution >= 4 is 38.9 Å². The molecule has 292 valence electrons. The molecule has 0 amide bonds. The highest BCUT2D eigenvalue weighted by Gasteiger charge is 2.20. The smallest absolute Gasteiger partial charge is 0.0562 e. The van der Waals surface area contributed by atoms with Gasteiger partial charge in [-0.2, -0.15) is 0 Å². The van der Waals surface area contributed by atoms with Crippen molar-refractivity contribution in [2.24, 2.45) is 0 Å². The molecule has 2 heteroatoms. The van der Waals surface area contributed by atoms with Gasteiger partial charge < -0.3 is 9.47 Å². The van der Waals surface area contributed by atoms with E-state index in [0.717, 1.165) is 11.4 Å². The Morgan fingerprint density at radius 3 is 1.04 bits per heavy atom. The van der Waals surface area contributed by atoms with Crippen LogP contribution in [-0.2, 0) is 0 Å². The SMILES string of the molecule is CC.CC.CC.CC.CC.CC.CC.CC.CC.CC.c1ccc(N(c2ccccc2)c2cccc3c2c2ccccc2n3-c2ccccc2)cc1. The molecule has 1 heterocycles. The second kappa shape index (κ2) is 42.9. The summed E-state index contributed by atoms with van der Waals surface area (Å²) in [4.78, 5) is 2.35. The van der Waals surface area contributed by atoms with Gasteiger partial charge in [0.15, 0.2) is 0 Å². The van der Waals surface area contributed by atoms with Crippen LogP contribution in [0.3, 0.4) is 0 Å². The van der Waals surface area contributed by atoms with Gasteiger partial charge >= 0.3 is 0 Å². The zero-order chi connectivity index (χ0) is 41.3. The highest BCUT2D eigenvalue weighted by atomic mass is 15.1. The minimum atomic E-state index is 1.14.